The third-order valence-electron chi connectivity index (χ3n) is 4.82. The molecule has 1 amide bonds. The number of rotatable bonds is 3. The molecule has 2 bridgehead atoms. The molecule has 3 aliphatic heterocycles. The predicted octanol–water partition coefficient (Wildman–Crippen LogP) is 2.31. The maximum Gasteiger partial charge on any atom is 0.224 e. The topological polar surface area (TPSA) is 23.6 Å². The highest BCUT2D eigenvalue weighted by Gasteiger charge is 2.43. The first kappa shape index (κ1) is 15.0. The maximum atomic E-state index is 12.7. The van der Waals surface area contributed by atoms with Gasteiger partial charge in [-0.15, -0.1) is 0 Å². The largest absolute Gasteiger partial charge is 0.334 e. The molecule has 3 fully saturated rings. The van der Waals surface area contributed by atoms with Gasteiger partial charge in [-0.25, -0.2) is 0 Å². The zero-order chi connectivity index (χ0) is 14.1. The lowest BCUT2D eigenvalue weighted by Gasteiger charge is -2.43. The van der Waals surface area contributed by atoms with Gasteiger partial charge in [0.05, 0.1) is 0 Å². The second-order valence-electron chi connectivity index (χ2n) is 6.51. The number of likely N-dealkylation sites (tertiary alicyclic amines) is 1. The summed E-state index contributed by atoms with van der Waals surface area (Å²) in [7, 11) is 0. The van der Waals surface area contributed by atoms with Crippen LogP contribution in [-0.2, 0) is 4.79 Å². The molecule has 20 heavy (non-hydrogen) atoms. The van der Waals surface area contributed by atoms with E-state index in [1.165, 1.54) is 24.3 Å². The average Bonchev–Trinajstić information content (AvgIpc) is 2.70. The second-order valence-corrected chi connectivity index (χ2v) is 9.06. The zero-order valence-corrected chi connectivity index (χ0v) is 14.2. The number of fused-ring (bicyclic) bond motifs is 2. The highest BCUT2D eigenvalue weighted by molar-refractivity contribution is 8.06. The Morgan fingerprint density at radius 3 is 2.45 bits per heavy atom. The van der Waals surface area contributed by atoms with E-state index in [0.717, 1.165) is 25.3 Å². The van der Waals surface area contributed by atoms with Gasteiger partial charge in [-0.3, -0.25) is 9.69 Å². The van der Waals surface area contributed by atoms with Crippen molar-refractivity contribution in [3.05, 3.63) is 0 Å². The molecule has 3 aliphatic rings. The van der Waals surface area contributed by atoms with Crippen LogP contribution in [0, 0.1) is 0 Å². The van der Waals surface area contributed by atoms with Crippen LogP contribution in [0.5, 0.6) is 0 Å². The molecule has 0 aliphatic carbocycles. The minimum atomic E-state index is 0.431. The molecule has 3 atom stereocenters. The first-order chi connectivity index (χ1) is 9.65. The predicted molar refractivity (Wildman–Crippen MR) is 88.6 cm³/mol. The molecule has 0 spiro atoms. The van der Waals surface area contributed by atoms with Gasteiger partial charge in [0, 0.05) is 60.1 Å². The molecule has 0 aromatic rings. The van der Waals surface area contributed by atoms with Crippen molar-refractivity contribution in [3.63, 3.8) is 0 Å². The van der Waals surface area contributed by atoms with E-state index < -0.39 is 0 Å². The molecule has 5 heteroatoms. The van der Waals surface area contributed by atoms with Gasteiger partial charge >= 0.3 is 0 Å². The van der Waals surface area contributed by atoms with E-state index in [0.29, 0.717) is 29.3 Å². The lowest BCUT2D eigenvalue weighted by atomic mass is 10.1. The van der Waals surface area contributed by atoms with E-state index in [1.54, 1.807) is 0 Å². The fourth-order valence-corrected chi connectivity index (χ4v) is 6.39. The Morgan fingerprint density at radius 2 is 1.90 bits per heavy atom. The molecule has 3 saturated heterocycles. The number of hydrogen-bond acceptors (Lipinski definition) is 4. The van der Waals surface area contributed by atoms with E-state index in [4.69, 9.17) is 0 Å². The SMILES string of the molecule is CC(C)N1CC2CCC(C1)N2C(=O)CC1CSCCS1. The van der Waals surface area contributed by atoms with Gasteiger partial charge in [0.2, 0.25) is 5.91 Å². The third kappa shape index (κ3) is 3.14. The fraction of sp³-hybridized carbons (Fsp3) is 0.933. The van der Waals surface area contributed by atoms with Gasteiger partial charge < -0.3 is 4.90 Å². The first-order valence-corrected chi connectivity index (χ1v) is 10.1. The Bertz CT molecular complexity index is 344. The lowest BCUT2D eigenvalue weighted by molar-refractivity contribution is -0.137. The van der Waals surface area contributed by atoms with Crippen LogP contribution in [-0.4, -0.2) is 69.4 Å². The number of thioether (sulfide) groups is 2. The zero-order valence-electron chi connectivity index (χ0n) is 12.6. The molecular weight excluding hydrogens is 288 g/mol. The molecule has 0 saturated carbocycles. The molecular formula is C15H26N2OS2. The van der Waals surface area contributed by atoms with Gasteiger partial charge in [0.15, 0.2) is 0 Å². The second kappa shape index (κ2) is 6.49. The van der Waals surface area contributed by atoms with Gasteiger partial charge in [-0.05, 0) is 26.7 Å². The van der Waals surface area contributed by atoms with E-state index in [9.17, 15) is 4.79 Å². The monoisotopic (exact) mass is 314 g/mol. The first-order valence-electron chi connectivity index (χ1n) is 7.89. The summed E-state index contributed by atoms with van der Waals surface area (Å²) in [5, 5.41) is 0.559. The standard InChI is InChI=1S/C15H26N2OS2/c1-11(2)16-8-12-3-4-13(9-16)17(12)15(18)7-14-10-19-5-6-20-14/h11-14H,3-10H2,1-2H3. The van der Waals surface area contributed by atoms with Crippen molar-refractivity contribution in [3.8, 4) is 0 Å². The molecule has 114 valence electrons. The van der Waals surface area contributed by atoms with Crippen molar-refractivity contribution in [2.45, 2.75) is 56.5 Å². The summed E-state index contributed by atoms with van der Waals surface area (Å²) in [6, 6.07) is 1.59. The van der Waals surface area contributed by atoms with E-state index in [-0.39, 0.29) is 0 Å². The molecule has 0 radical (unpaired) electrons. The minimum absolute atomic E-state index is 0.431. The Balaban J connectivity index is 1.59. The quantitative estimate of drug-likeness (QED) is 0.797. The van der Waals surface area contributed by atoms with Crippen LogP contribution < -0.4 is 0 Å². The van der Waals surface area contributed by atoms with Crippen LogP contribution in [0.25, 0.3) is 0 Å². The summed E-state index contributed by atoms with van der Waals surface area (Å²) in [4.78, 5) is 17.5. The summed E-state index contributed by atoms with van der Waals surface area (Å²) < 4.78 is 0. The molecule has 3 nitrogen and oxygen atoms in total. The smallest absolute Gasteiger partial charge is 0.224 e. The van der Waals surface area contributed by atoms with Gasteiger partial charge in [0.25, 0.3) is 0 Å². The normalized spacial score (nSPS) is 34.8. The lowest BCUT2D eigenvalue weighted by Crippen LogP contribution is -2.57. The van der Waals surface area contributed by atoms with E-state index >= 15 is 0 Å². The van der Waals surface area contributed by atoms with Crippen LogP contribution in [0.3, 0.4) is 0 Å². The molecule has 3 heterocycles. The maximum absolute atomic E-state index is 12.7. The fourth-order valence-electron chi connectivity index (χ4n) is 3.72. The number of piperazine rings is 1. The highest BCUT2D eigenvalue weighted by atomic mass is 32.2. The summed E-state index contributed by atoms with van der Waals surface area (Å²) in [5.41, 5.74) is 0. The summed E-state index contributed by atoms with van der Waals surface area (Å²) in [6.45, 7) is 6.72. The number of carbonyl (C=O) groups is 1. The van der Waals surface area contributed by atoms with Crippen molar-refractivity contribution in [2.24, 2.45) is 0 Å². The summed E-state index contributed by atoms with van der Waals surface area (Å²) >= 11 is 4.02. The summed E-state index contributed by atoms with van der Waals surface area (Å²) in [6.07, 6.45) is 3.20. The molecule has 0 aromatic carbocycles. The highest BCUT2D eigenvalue weighted by Crippen LogP contribution is 2.33. The van der Waals surface area contributed by atoms with Crippen molar-refractivity contribution in [1.29, 1.82) is 0 Å². The van der Waals surface area contributed by atoms with Crippen molar-refractivity contribution >= 4 is 29.4 Å². The number of carbonyl (C=O) groups excluding carboxylic acids is 1. The van der Waals surface area contributed by atoms with Crippen LogP contribution >= 0.6 is 23.5 Å². The number of hydrogen-bond donors (Lipinski definition) is 0. The molecule has 3 rings (SSSR count). The molecule has 0 N–H and O–H groups in total. The van der Waals surface area contributed by atoms with E-state index in [2.05, 4.69) is 23.6 Å². The van der Waals surface area contributed by atoms with Crippen molar-refractivity contribution < 1.29 is 4.79 Å². The van der Waals surface area contributed by atoms with E-state index in [1.807, 2.05) is 23.5 Å². The van der Waals surface area contributed by atoms with Crippen LogP contribution in [0.15, 0.2) is 0 Å². The number of nitrogens with zero attached hydrogens (tertiary/aromatic N) is 2. The van der Waals surface area contributed by atoms with Crippen molar-refractivity contribution in [2.75, 3.05) is 30.3 Å². The number of amides is 1. The molecule has 0 aromatic heterocycles. The molecule has 3 unspecified atom stereocenters. The van der Waals surface area contributed by atoms with Gasteiger partial charge in [-0.2, -0.15) is 23.5 Å². The minimum Gasteiger partial charge on any atom is -0.334 e. The van der Waals surface area contributed by atoms with Crippen molar-refractivity contribution in [1.82, 2.24) is 9.80 Å². The Morgan fingerprint density at radius 1 is 1.20 bits per heavy atom. The Kier molecular flexibility index (Phi) is 4.88. The average molecular weight is 315 g/mol. The van der Waals surface area contributed by atoms with Crippen LogP contribution in [0.2, 0.25) is 0 Å². The summed E-state index contributed by atoms with van der Waals surface area (Å²) in [5.74, 6) is 4.07. The third-order valence-corrected chi connectivity index (χ3v) is 7.66. The Labute approximate surface area is 131 Å². The van der Waals surface area contributed by atoms with Gasteiger partial charge in [0.1, 0.15) is 0 Å². The Hall–Kier alpha value is 0.130. The van der Waals surface area contributed by atoms with Crippen LogP contribution in [0.1, 0.15) is 33.1 Å². The van der Waals surface area contributed by atoms with Gasteiger partial charge in [-0.1, -0.05) is 0 Å². The van der Waals surface area contributed by atoms with Crippen LogP contribution in [0.4, 0.5) is 0 Å².